The van der Waals surface area contributed by atoms with Crippen molar-refractivity contribution < 1.29 is 24.2 Å². The van der Waals surface area contributed by atoms with Crippen molar-refractivity contribution in [2.75, 3.05) is 13.2 Å². The maximum Gasteiger partial charge on any atom is 0.333 e. The molecule has 21 heavy (non-hydrogen) atoms. The van der Waals surface area contributed by atoms with Gasteiger partial charge < -0.3 is 14.6 Å². The Bertz CT molecular complexity index is 465. The molecule has 0 aliphatic rings. The van der Waals surface area contributed by atoms with Gasteiger partial charge in [0.25, 0.3) is 0 Å². The molecule has 5 nitrogen and oxygen atoms in total. The second-order valence-corrected chi connectivity index (χ2v) is 3.94. The summed E-state index contributed by atoms with van der Waals surface area (Å²) in [4.78, 5) is 21.1. The normalized spacial score (nSPS) is 8.86. The average Bonchev–Trinajstić information content (AvgIpc) is 2.51. The Kier molecular flexibility index (Phi) is 10.1. The van der Waals surface area contributed by atoms with Gasteiger partial charge in [0.15, 0.2) is 0 Å². The first kappa shape index (κ1) is 18.6. The summed E-state index contributed by atoms with van der Waals surface area (Å²) in [6.07, 6.45) is 1.16. The van der Waals surface area contributed by atoms with Crippen LogP contribution in [0.1, 0.15) is 12.5 Å². The van der Waals surface area contributed by atoms with Crippen LogP contribution in [0.2, 0.25) is 0 Å². The monoisotopic (exact) mass is 292 g/mol. The average molecular weight is 292 g/mol. The lowest BCUT2D eigenvalue weighted by molar-refractivity contribution is -0.140. The molecule has 0 aliphatic heterocycles. The largest absolute Gasteiger partial charge is 0.460 e. The van der Waals surface area contributed by atoms with E-state index in [1.807, 2.05) is 30.3 Å². The molecule has 0 spiro atoms. The van der Waals surface area contributed by atoms with Crippen LogP contribution in [-0.2, 0) is 25.7 Å². The number of hydrogen-bond acceptors (Lipinski definition) is 5. The van der Waals surface area contributed by atoms with Crippen molar-refractivity contribution in [3.05, 3.63) is 60.7 Å². The summed E-state index contributed by atoms with van der Waals surface area (Å²) >= 11 is 0. The van der Waals surface area contributed by atoms with Crippen LogP contribution in [0.5, 0.6) is 0 Å². The van der Waals surface area contributed by atoms with E-state index in [2.05, 4.69) is 17.9 Å². The zero-order chi connectivity index (χ0) is 16.1. The molecule has 0 unspecified atom stereocenters. The molecular formula is C16H20O5. The first-order valence-electron chi connectivity index (χ1n) is 6.27. The fourth-order valence-electron chi connectivity index (χ4n) is 1.05. The molecule has 0 amide bonds. The molecule has 0 radical (unpaired) electrons. The van der Waals surface area contributed by atoms with Crippen molar-refractivity contribution >= 4 is 11.9 Å². The van der Waals surface area contributed by atoms with Crippen LogP contribution in [-0.4, -0.2) is 30.3 Å². The minimum Gasteiger partial charge on any atom is -0.460 e. The van der Waals surface area contributed by atoms with E-state index in [-0.39, 0.29) is 19.2 Å². The Balaban J connectivity index is 0.000000400. The van der Waals surface area contributed by atoms with Crippen LogP contribution in [0, 0.1) is 0 Å². The van der Waals surface area contributed by atoms with E-state index in [0.29, 0.717) is 12.2 Å². The SMILES string of the molecule is C=C(C)C(=O)OCCO.C=CC(=O)OCc1ccccc1. The Morgan fingerprint density at radius 3 is 2.33 bits per heavy atom. The molecule has 0 heterocycles. The molecular weight excluding hydrogens is 272 g/mol. The van der Waals surface area contributed by atoms with Crippen LogP contribution in [0.4, 0.5) is 0 Å². The van der Waals surface area contributed by atoms with E-state index in [0.717, 1.165) is 11.6 Å². The van der Waals surface area contributed by atoms with E-state index in [4.69, 9.17) is 9.84 Å². The van der Waals surface area contributed by atoms with E-state index < -0.39 is 5.97 Å². The topological polar surface area (TPSA) is 72.8 Å². The van der Waals surface area contributed by atoms with E-state index in [9.17, 15) is 9.59 Å². The van der Waals surface area contributed by atoms with Crippen molar-refractivity contribution in [2.45, 2.75) is 13.5 Å². The fraction of sp³-hybridized carbons (Fsp3) is 0.250. The lowest BCUT2D eigenvalue weighted by Gasteiger charge is -2.00. The van der Waals surface area contributed by atoms with Crippen LogP contribution < -0.4 is 0 Å². The highest BCUT2D eigenvalue weighted by Gasteiger charge is 1.99. The molecule has 1 aromatic rings. The van der Waals surface area contributed by atoms with Crippen molar-refractivity contribution in [1.29, 1.82) is 0 Å². The highest BCUT2D eigenvalue weighted by atomic mass is 16.5. The zero-order valence-electron chi connectivity index (χ0n) is 12.1. The maximum absolute atomic E-state index is 10.6. The predicted octanol–water partition coefficient (Wildman–Crippen LogP) is 2.01. The minimum atomic E-state index is -0.455. The molecule has 1 aromatic carbocycles. The van der Waals surface area contributed by atoms with Gasteiger partial charge >= 0.3 is 11.9 Å². The van der Waals surface area contributed by atoms with E-state index in [1.165, 1.54) is 0 Å². The molecule has 5 heteroatoms. The second-order valence-electron chi connectivity index (χ2n) is 3.94. The van der Waals surface area contributed by atoms with Gasteiger partial charge in [0.05, 0.1) is 6.61 Å². The summed E-state index contributed by atoms with van der Waals surface area (Å²) < 4.78 is 9.28. The van der Waals surface area contributed by atoms with Crippen LogP contribution in [0.3, 0.4) is 0 Å². The Hall–Kier alpha value is -2.40. The molecule has 0 aromatic heterocycles. The third kappa shape index (κ3) is 10.1. The molecule has 0 bridgehead atoms. The van der Waals surface area contributed by atoms with E-state index in [1.54, 1.807) is 6.92 Å². The number of benzene rings is 1. The quantitative estimate of drug-likeness (QED) is 0.641. The third-order valence-electron chi connectivity index (χ3n) is 2.06. The number of rotatable bonds is 6. The second kappa shape index (κ2) is 11.4. The van der Waals surface area contributed by atoms with Crippen LogP contribution in [0.25, 0.3) is 0 Å². The van der Waals surface area contributed by atoms with Gasteiger partial charge in [0.1, 0.15) is 13.2 Å². The lowest BCUT2D eigenvalue weighted by atomic mass is 10.2. The molecule has 1 rings (SSSR count). The summed E-state index contributed by atoms with van der Waals surface area (Å²) in [5.74, 6) is -0.845. The van der Waals surface area contributed by atoms with Crippen molar-refractivity contribution in [2.24, 2.45) is 0 Å². The van der Waals surface area contributed by atoms with Crippen molar-refractivity contribution in [1.82, 2.24) is 0 Å². The zero-order valence-corrected chi connectivity index (χ0v) is 12.1. The number of carbonyl (C=O) groups excluding carboxylic acids is 2. The van der Waals surface area contributed by atoms with Gasteiger partial charge in [-0.05, 0) is 12.5 Å². The highest BCUT2D eigenvalue weighted by molar-refractivity contribution is 5.86. The smallest absolute Gasteiger partial charge is 0.333 e. The Morgan fingerprint density at radius 2 is 1.86 bits per heavy atom. The maximum atomic E-state index is 10.6. The molecule has 0 saturated carbocycles. The van der Waals surface area contributed by atoms with Gasteiger partial charge in [-0.25, -0.2) is 9.59 Å². The van der Waals surface area contributed by atoms with Crippen molar-refractivity contribution in [3.63, 3.8) is 0 Å². The number of carbonyl (C=O) groups is 2. The summed E-state index contributed by atoms with van der Waals surface area (Å²) in [5, 5.41) is 8.19. The van der Waals surface area contributed by atoms with Crippen LogP contribution >= 0.6 is 0 Å². The van der Waals surface area contributed by atoms with Crippen LogP contribution in [0.15, 0.2) is 55.1 Å². The molecule has 0 atom stereocenters. The molecule has 0 saturated heterocycles. The minimum absolute atomic E-state index is 0.0473. The van der Waals surface area contributed by atoms with Gasteiger partial charge in [0.2, 0.25) is 0 Å². The lowest BCUT2D eigenvalue weighted by Crippen LogP contribution is -2.08. The first-order valence-corrected chi connectivity index (χ1v) is 6.27. The van der Waals surface area contributed by atoms with Gasteiger partial charge in [-0.3, -0.25) is 0 Å². The predicted molar refractivity (Wildman–Crippen MR) is 79.3 cm³/mol. The van der Waals surface area contributed by atoms with Gasteiger partial charge in [-0.2, -0.15) is 0 Å². The fourth-order valence-corrected chi connectivity index (χ4v) is 1.05. The Labute approximate surface area is 124 Å². The number of ether oxygens (including phenoxy) is 2. The molecule has 0 fully saturated rings. The van der Waals surface area contributed by atoms with Gasteiger partial charge in [-0.1, -0.05) is 43.5 Å². The van der Waals surface area contributed by atoms with Crippen molar-refractivity contribution in [3.8, 4) is 0 Å². The van der Waals surface area contributed by atoms with E-state index >= 15 is 0 Å². The standard InChI is InChI=1S/C10H10O2.C6H10O3/c1-2-10(11)12-8-9-6-4-3-5-7-9;1-5(2)6(8)9-4-3-7/h2-7H,1,8H2;7H,1,3-4H2,2H3. The number of esters is 2. The van der Waals surface area contributed by atoms with Gasteiger partial charge in [0, 0.05) is 11.6 Å². The summed E-state index contributed by atoms with van der Waals surface area (Å²) in [7, 11) is 0. The summed E-state index contributed by atoms with van der Waals surface area (Å²) in [6.45, 7) is 8.42. The molecule has 0 aliphatic carbocycles. The molecule has 1 N–H and O–H groups in total. The number of hydrogen-bond donors (Lipinski definition) is 1. The molecule has 114 valence electrons. The first-order chi connectivity index (χ1) is 10.0. The number of aliphatic hydroxyl groups is 1. The summed E-state index contributed by atoms with van der Waals surface area (Å²) in [6, 6.07) is 9.51. The third-order valence-corrected chi connectivity index (χ3v) is 2.06. The number of aliphatic hydroxyl groups excluding tert-OH is 1. The summed E-state index contributed by atoms with van der Waals surface area (Å²) in [5.41, 5.74) is 1.33. The highest BCUT2D eigenvalue weighted by Crippen LogP contribution is 2.00. The van der Waals surface area contributed by atoms with Gasteiger partial charge in [-0.15, -0.1) is 0 Å². The Morgan fingerprint density at radius 1 is 1.24 bits per heavy atom.